The summed E-state index contributed by atoms with van der Waals surface area (Å²) in [5, 5.41) is 0. The van der Waals surface area contributed by atoms with Crippen LogP contribution in [0.15, 0.2) is 0 Å². The molecule has 1 fully saturated rings. The van der Waals surface area contributed by atoms with Crippen LogP contribution in [0.5, 0.6) is 0 Å². The monoisotopic (exact) mass is 178 g/mol. The number of hydrogen-bond acceptors (Lipinski definition) is 2. The lowest BCUT2D eigenvalue weighted by molar-refractivity contribution is -0.147. The summed E-state index contributed by atoms with van der Waals surface area (Å²) in [5.74, 6) is 0.419. The predicted octanol–water partition coefficient (Wildman–Crippen LogP) is 2.16. The highest BCUT2D eigenvalue weighted by atomic mass is 35.5. The summed E-state index contributed by atoms with van der Waals surface area (Å²) in [7, 11) is 0. The zero-order valence-corrected chi connectivity index (χ0v) is 7.69. The van der Waals surface area contributed by atoms with E-state index in [0.29, 0.717) is 0 Å². The van der Waals surface area contributed by atoms with Gasteiger partial charge in [-0.1, -0.05) is 0 Å². The van der Waals surface area contributed by atoms with Gasteiger partial charge in [0.25, 0.3) is 0 Å². The van der Waals surface area contributed by atoms with Gasteiger partial charge < -0.3 is 9.47 Å². The van der Waals surface area contributed by atoms with E-state index in [1.165, 1.54) is 0 Å². The van der Waals surface area contributed by atoms with E-state index in [1.807, 2.05) is 6.92 Å². The maximum absolute atomic E-state index is 5.55. The van der Waals surface area contributed by atoms with Crippen molar-refractivity contribution in [3.63, 3.8) is 0 Å². The van der Waals surface area contributed by atoms with Crippen LogP contribution >= 0.6 is 11.6 Å². The van der Waals surface area contributed by atoms with Crippen LogP contribution in [-0.2, 0) is 9.47 Å². The zero-order chi connectivity index (χ0) is 8.16. The molecule has 1 aliphatic rings. The molecular formula is C8H15ClO2. The smallest absolute Gasteiger partial charge is 0.165 e. The Morgan fingerprint density at radius 1 is 1.27 bits per heavy atom. The van der Waals surface area contributed by atoms with Gasteiger partial charge in [-0.25, -0.2) is 0 Å². The molecule has 1 aliphatic heterocycles. The van der Waals surface area contributed by atoms with Crippen LogP contribution in [0.4, 0.5) is 0 Å². The fourth-order valence-electron chi connectivity index (χ4n) is 1.24. The lowest BCUT2D eigenvalue weighted by Gasteiger charge is -2.21. The molecule has 0 aromatic rings. The summed E-state index contributed by atoms with van der Waals surface area (Å²) >= 11 is 5.55. The summed E-state index contributed by atoms with van der Waals surface area (Å²) < 4.78 is 10.8. The fraction of sp³-hybridized carbons (Fsp3) is 1.00. The number of unbranched alkanes of at least 4 members (excludes halogenated alkanes) is 1. The molecule has 0 spiro atoms. The minimum Gasteiger partial charge on any atom is -0.348 e. The summed E-state index contributed by atoms with van der Waals surface area (Å²) in [6.07, 6.45) is 3.09. The van der Waals surface area contributed by atoms with Crippen molar-refractivity contribution in [3.05, 3.63) is 0 Å². The molecule has 0 N–H and O–H groups in total. The van der Waals surface area contributed by atoms with Crippen LogP contribution in [0, 0.1) is 0 Å². The van der Waals surface area contributed by atoms with Crippen LogP contribution in [0.1, 0.15) is 26.2 Å². The van der Waals surface area contributed by atoms with Gasteiger partial charge in [-0.05, 0) is 19.8 Å². The normalized spacial score (nSPS) is 22.4. The molecule has 0 aromatic heterocycles. The molecule has 0 amide bonds. The Kier molecular flexibility index (Phi) is 3.63. The van der Waals surface area contributed by atoms with Gasteiger partial charge in [0.2, 0.25) is 0 Å². The molecule has 1 saturated heterocycles. The van der Waals surface area contributed by atoms with Gasteiger partial charge in [0.1, 0.15) is 0 Å². The van der Waals surface area contributed by atoms with Gasteiger partial charge in [-0.2, -0.15) is 0 Å². The molecular weight excluding hydrogens is 164 g/mol. The Balaban J connectivity index is 2.13. The Morgan fingerprint density at radius 2 is 1.91 bits per heavy atom. The SMILES string of the molecule is CC1(CCCCCl)OCCO1. The van der Waals surface area contributed by atoms with E-state index >= 15 is 0 Å². The molecule has 11 heavy (non-hydrogen) atoms. The van der Waals surface area contributed by atoms with E-state index in [2.05, 4.69) is 0 Å². The molecule has 3 heteroatoms. The summed E-state index contributed by atoms with van der Waals surface area (Å²) in [6.45, 7) is 3.46. The van der Waals surface area contributed by atoms with Crippen molar-refractivity contribution in [1.29, 1.82) is 0 Å². The number of halogens is 1. The first-order valence-electron chi connectivity index (χ1n) is 4.11. The fourth-order valence-corrected chi connectivity index (χ4v) is 1.43. The highest BCUT2D eigenvalue weighted by Gasteiger charge is 2.29. The van der Waals surface area contributed by atoms with Crippen molar-refractivity contribution in [3.8, 4) is 0 Å². The first-order valence-corrected chi connectivity index (χ1v) is 4.64. The van der Waals surface area contributed by atoms with Crippen LogP contribution in [-0.4, -0.2) is 24.9 Å². The van der Waals surface area contributed by atoms with Gasteiger partial charge in [0, 0.05) is 12.3 Å². The second kappa shape index (κ2) is 4.29. The van der Waals surface area contributed by atoms with Crippen molar-refractivity contribution in [2.45, 2.75) is 32.0 Å². The van der Waals surface area contributed by atoms with Crippen LogP contribution in [0.2, 0.25) is 0 Å². The molecule has 1 heterocycles. The van der Waals surface area contributed by atoms with Gasteiger partial charge in [-0.3, -0.25) is 0 Å². The molecule has 0 atom stereocenters. The predicted molar refractivity (Wildman–Crippen MR) is 44.9 cm³/mol. The standard InChI is InChI=1S/C8H15ClO2/c1-8(4-2-3-5-9)10-6-7-11-8/h2-7H2,1H3. The van der Waals surface area contributed by atoms with Gasteiger partial charge in [0.15, 0.2) is 5.79 Å². The van der Waals surface area contributed by atoms with E-state index in [4.69, 9.17) is 21.1 Å². The molecule has 0 bridgehead atoms. The Morgan fingerprint density at radius 3 is 2.45 bits per heavy atom. The number of rotatable bonds is 4. The highest BCUT2D eigenvalue weighted by Crippen LogP contribution is 2.24. The lowest BCUT2D eigenvalue weighted by Crippen LogP contribution is -2.25. The van der Waals surface area contributed by atoms with Gasteiger partial charge >= 0.3 is 0 Å². The summed E-state index contributed by atoms with van der Waals surface area (Å²) in [5.41, 5.74) is 0. The molecule has 0 aromatic carbocycles. The maximum Gasteiger partial charge on any atom is 0.165 e. The Hall–Kier alpha value is 0.210. The zero-order valence-electron chi connectivity index (χ0n) is 6.94. The van der Waals surface area contributed by atoms with Crippen molar-refractivity contribution in [1.82, 2.24) is 0 Å². The molecule has 0 unspecified atom stereocenters. The van der Waals surface area contributed by atoms with Crippen LogP contribution in [0.3, 0.4) is 0 Å². The molecule has 0 radical (unpaired) electrons. The first kappa shape index (κ1) is 9.30. The third-order valence-electron chi connectivity index (χ3n) is 1.91. The molecule has 2 nitrogen and oxygen atoms in total. The third kappa shape index (κ3) is 2.97. The van der Waals surface area contributed by atoms with Crippen molar-refractivity contribution in [2.24, 2.45) is 0 Å². The molecule has 66 valence electrons. The second-order valence-electron chi connectivity index (χ2n) is 2.98. The van der Waals surface area contributed by atoms with Crippen LogP contribution < -0.4 is 0 Å². The van der Waals surface area contributed by atoms with Gasteiger partial charge in [-0.15, -0.1) is 11.6 Å². The molecule has 1 rings (SSSR count). The molecule has 0 aliphatic carbocycles. The van der Waals surface area contributed by atoms with Gasteiger partial charge in [0.05, 0.1) is 13.2 Å². The first-order chi connectivity index (χ1) is 5.27. The van der Waals surface area contributed by atoms with E-state index in [1.54, 1.807) is 0 Å². The number of ether oxygens (including phenoxy) is 2. The van der Waals surface area contributed by atoms with E-state index in [-0.39, 0.29) is 5.79 Å². The average Bonchev–Trinajstić information content (AvgIpc) is 2.38. The van der Waals surface area contributed by atoms with E-state index in [0.717, 1.165) is 38.4 Å². The average molecular weight is 179 g/mol. The number of alkyl halides is 1. The second-order valence-corrected chi connectivity index (χ2v) is 3.35. The third-order valence-corrected chi connectivity index (χ3v) is 2.18. The Labute approximate surface area is 72.8 Å². The van der Waals surface area contributed by atoms with E-state index < -0.39 is 0 Å². The number of hydrogen-bond donors (Lipinski definition) is 0. The lowest BCUT2D eigenvalue weighted by atomic mass is 10.1. The quantitative estimate of drug-likeness (QED) is 0.485. The summed E-state index contributed by atoms with van der Waals surface area (Å²) in [4.78, 5) is 0. The highest BCUT2D eigenvalue weighted by molar-refractivity contribution is 6.17. The van der Waals surface area contributed by atoms with Crippen molar-refractivity contribution in [2.75, 3.05) is 19.1 Å². The summed E-state index contributed by atoms with van der Waals surface area (Å²) in [6, 6.07) is 0. The topological polar surface area (TPSA) is 18.5 Å². The van der Waals surface area contributed by atoms with Crippen molar-refractivity contribution >= 4 is 11.6 Å². The maximum atomic E-state index is 5.55. The minimum atomic E-state index is -0.313. The van der Waals surface area contributed by atoms with Crippen LogP contribution in [0.25, 0.3) is 0 Å². The van der Waals surface area contributed by atoms with E-state index in [9.17, 15) is 0 Å². The largest absolute Gasteiger partial charge is 0.348 e. The Bertz CT molecular complexity index is 111. The minimum absolute atomic E-state index is 0.313. The molecule has 0 saturated carbocycles. The van der Waals surface area contributed by atoms with Crippen molar-refractivity contribution < 1.29 is 9.47 Å².